The number of rotatable bonds is 7. The normalized spacial score (nSPS) is 21.8. The van der Waals surface area contributed by atoms with Crippen LogP contribution in [0.2, 0.25) is 0 Å². The number of benzene rings is 1. The summed E-state index contributed by atoms with van der Waals surface area (Å²) < 4.78 is 5.78. The third-order valence-electron chi connectivity index (χ3n) is 4.94. The average molecular weight is 316 g/mol. The fourth-order valence-corrected chi connectivity index (χ4v) is 3.29. The van der Waals surface area contributed by atoms with Crippen LogP contribution in [0.1, 0.15) is 64.0 Å². The lowest BCUT2D eigenvalue weighted by Gasteiger charge is -2.33. The summed E-state index contributed by atoms with van der Waals surface area (Å²) in [4.78, 5) is 14.5. The lowest BCUT2D eigenvalue weighted by atomic mass is 10.0. The van der Waals surface area contributed by atoms with E-state index in [1.54, 1.807) is 0 Å². The van der Waals surface area contributed by atoms with Crippen molar-refractivity contribution in [1.82, 2.24) is 0 Å². The van der Waals surface area contributed by atoms with Crippen LogP contribution in [-0.4, -0.2) is 18.6 Å². The van der Waals surface area contributed by atoms with Crippen molar-refractivity contribution in [3.05, 3.63) is 23.8 Å². The van der Waals surface area contributed by atoms with Crippen LogP contribution in [0.4, 0.5) is 5.69 Å². The molecule has 1 heterocycles. The Hall–Kier alpha value is -1.55. The maximum absolute atomic E-state index is 12.5. The van der Waals surface area contributed by atoms with Gasteiger partial charge < -0.3 is 15.4 Å². The van der Waals surface area contributed by atoms with Gasteiger partial charge in [0.05, 0.1) is 5.69 Å². The molecule has 1 aliphatic heterocycles. The number of carbonyl (C=O) groups is 1. The Morgan fingerprint density at radius 1 is 1.30 bits per heavy atom. The monoisotopic (exact) mass is 316 g/mol. The second-order valence-corrected chi connectivity index (χ2v) is 6.90. The molecule has 2 aliphatic rings. The molecule has 126 valence electrons. The summed E-state index contributed by atoms with van der Waals surface area (Å²) in [6.45, 7) is 4.79. The zero-order valence-electron chi connectivity index (χ0n) is 14.3. The summed E-state index contributed by atoms with van der Waals surface area (Å²) in [7, 11) is 0. The molecule has 4 nitrogen and oxygen atoms in total. The highest BCUT2D eigenvalue weighted by molar-refractivity contribution is 5.99. The van der Waals surface area contributed by atoms with E-state index >= 15 is 0 Å². The summed E-state index contributed by atoms with van der Waals surface area (Å²) in [5.41, 5.74) is 8.36. The molecule has 1 saturated carbocycles. The van der Waals surface area contributed by atoms with Crippen molar-refractivity contribution in [1.29, 1.82) is 0 Å². The smallest absolute Gasteiger partial charge is 0.267 e. The maximum atomic E-state index is 12.5. The molecule has 0 spiro atoms. The van der Waals surface area contributed by atoms with Crippen LogP contribution in [0.25, 0.3) is 0 Å². The highest BCUT2D eigenvalue weighted by Crippen LogP contribution is 2.42. The number of anilines is 1. The highest BCUT2D eigenvalue weighted by Gasteiger charge is 2.34. The molecule has 2 atom stereocenters. The number of carbonyl (C=O) groups excluding carboxylic acids is 1. The molecule has 1 amide bonds. The number of nitrogens with two attached hydrogens (primary N) is 1. The minimum Gasteiger partial charge on any atom is -0.479 e. The van der Waals surface area contributed by atoms with Crippen LogP contribution in [0.5, 0.6) is 5.75 Å². The molecule has 4 heteroatoms. The van der Waals surface area contributed by atoms with Gasteiger partial charge in [0, 0.05) is 12.6 Å². The Labute approximate surface area is 139 Å². The molecule has 1 fully saturated rings. The van der Waals surface area contributed by atoms with E-state index in [2.05, 4.69) is 19.1 Å². The molecule has 3 rings (SSSR count). The predicted molar refractivity (Wildman–Crippen MR) is 92.7 cm³/mol. The zero-order valence-corrected chi connectivity index (χ0v) is 14.3. The molecule has 0 radical (unpaired) electrons. The van der Waals surface area contributed by atoms with E-state index in [9.17, 15) is 4.79 Å². The van der Waals surface area contributed by atoms with Gasteiger partial charge in [0.15, 0.2) is 6.10 Å². The average Bonchev–Trinajstić information content (AvgIpc) is 3.38. The van der Waals surface area contributed by atoms with Crippen molar-refractivity contribution in [3.8, 4) is 5.75 Å². The number of fused-ring (bicyclic) bond motifs is 1. The molecule has 0 saturated heterocycles. The summed E-state index contributed by atoms with van der Waals surface area (Å²) in [5, 5.41) is 0. The number of hydrogen-bond donors (Lipinski definition) is 1. The predicted octanol–water partition coefficient (Wildman–Crippen LogP) is 3.79. The van der Waals surface area contributed by atoms with Crippen LogP contribution in [0, 0.1) is 5.92 Å². The second-order valence-electron chi connectivity index (χ2n) is 6.90. The second kappa shape index (κ2) is 6.91. The zero-order chi connectivity index (χ0) is 16.4. The first-order valence-electron chi connectivity index (χ1n) is 8.99. The van der Waals surface area contributed by atoms with Gasteiger partial charge >= 0.3 is 0 Å². The fraction of sp³-hybridized carbons (Fsp3) is 0.632. The highest BCUT2D eigenvalue weighted by atomic mass is 16.5. The number of nitrogens with zero attached hydrogens (tertiary/aromatic N) is 1. The van der Waals surface area contributed by atoms with Crippen molar-refractivity contribution < 1.29 is 9.53 Å². The van der Waals surface area contributed by atoms with Crippen molar-refractivity contribution in [3.63, 3.8) is 0 Å². The Kier molecular flexibility index (Phi) is 4.90. The minimum absolute atomic E-state index is 0.0612. The Morgan fingerprint density at radius 2 is 2.09 bits per heavy atom. The minimum atomic E-state index is -0.406. The van der Waals surface area contributed by atoms with Crippen LogP contribution in [0.3, 0.4) is 0 Å². The molecular formula is C19H28N2O2. The van der Waals surface area contributed by atoms with E-state index in [4.69, 9.17) is 10.5 Å². The topological polar surface area (TPSA) is 55.6 Å². The van der Waals surface area contributed by atoms with Crippen LogP contribution in [0.15, 0.2) is 18.2 Å². The maximum Gasteiger partial charge on any atom is 0.267 e. The Bertz CT molecular complexity index is 568. The molecular weight excluding hydrogens is 288 g/mol. The molecule has 1 aromatic carbocycles. The van der Waals surface area contributed by atoms with Crippen molar-refractivity contribution in [2.75, 3.05) is 11.4 Å². The number of hydrogen-bond acceptors (Lipinski definition) is 3. The third-order valence-corrected chi connectivity index (χ3v) is 4.94. The van der Waals surface area contributed by atoms with Gasteiger partial charge in [-0.1, -0.05) is 32.3 Å². The molecule has 2 N–H and O–H groups in total. The Balaban J connectivity index is 1.81. The van der Waals surface area contributed by atoms with E-state index in [0.29, 0.717) is 5.92 Å². The first kappa shape index (κ1) is 16.3. The van der Waals surface area contributed by atoms with E-state index in [1.165, 1.54) is 25.7 Å². The van der Waals surface area contributed by atoms with Crippen molar-refractivity contribution in [2.24, 2.45) is 11.7 Å². The largest absolute Gasteiger partial charge is 0.479 e. The lowest BCUT2D eigenvalue weighted by molar-refractivity contribution is -0.125. The molecule has 2 unspecified atom stereocenters. The third kappa shape index (κ3) is 3.52. The van der Waals surface area contributed by atoms with E-state index in [-0.39, 0.29) is 11.9 Å². The van der Waals surface area contributed by atoms with Gasteiger partial charge in [-0.25, -0.2) is 0 Å². The van der Waals surface area contributed by atoms with Crippen molar-refractivity contribution in [2.45, 2.75) is 64.5 Å². The SMILES string of the molecule is CCCCCCN1C(=O)C(C)Oc2ccc(C(N)C3CC3)cc21. The number of amides is 1. The Morgan fingerprint density at radius 3 is 2.78 bits per heavy atom. The summed E-state index contributed by atoms with van der Waals surface area (Å²) in [5.74, 6) is 1.47. The lowest BCUT2D eigenvalue weighted by Crippen LogP contribution is -2.45. The van der Waals surface area contributed by atoms with Gasteiger partial charge in [0.1, 0.15) is 5.75 Å². The van der Waals surface area contributed by atoms with Crippen LogP contribution in [-0.2, 0) is 4.79 Å². The number of ether oxygens (including phenoxy) is 1. The molecule has 0 aromatic heterocycles. The summed E-state index contributed by atoms with van der Waals surface area (Å²) in [6.07, 6.45) is 6.63. The van der Waals surface area contributed by atoms with Gasteiger partial charge in [-0.3, -0.25) is 4.79 Å². The standard InChI is InChI=1S/C19H28N2O2/c1-3-4-5-6-11-21-16-12-15(18(20)14-7-8-14)9-10-17(16)23-13(2)19(21)22/h9-10,12-14,18H,3-8,11,20H2,1-2H3. The van der Waals surface area contributed by atoms with E-state index < -0.39 is 6.10 Å². The first-order valence-corrected chi connectivity index (χ1v) is 8.99. The van der Waals surface area contributed by atoms with Gasteiger partial charge in [-0.2, -0.15) is 0 Å². The first-order chi connectivity index (χ1) is 11.1. The van der Waals surface area contributed by atoms with E-state index in [1.807, 2.05) is 17.9 Å². The summed E-state index contributed by atoms with van der Waals surface area (Å²) in [6, 6.07) is 6.19. The van der Waals surface area contributed by atoms with Gasteiger partial charge in [0.25, 0.3) is 5.91 Å². The summed E-state index contributed by atoms with van der Waals surface area (Å²) >= 11 is 0. The molecule has 0 bridgehead atoms. The fourth-order valence-electron chi connectivity index (χ4n) is 3.29. The van der Waals surface area contributed by atoms with Crippen molar-refractivity contribution >= 4 is 11.6 Å². The van der Waals surface area contributed by atoms with Gasteiger partial charge in [-0.15, -0.1) is 0 Å². The van der Waals surface area contributed by atoms with Gasteiger partial charge in [-0.05, 0) is 49.8 Å². The quantitative estimate of drug-likeness (QED) is 0.779. The number of unbranched alkanes of at least 4 members (excludes halogenated alkanes) is 3. The van der Waals surface area contributed by atoms with Crippen LogP contribution < -0.4 is 15.4 Å². The van der Waals surface area contributed by atoms with Gasteiger partial charge in [0.2, 0.25) is 0 Å². The van der Waals surface area contributed by atoms with Crippen LogP contribution >= 0.6 is 0 Å². The molecule has 23 heavy (non-hydrogen) atoms. The molecule has 1 aliphatic carbocycles. The molecule has 1 aromatic rings. The van der Waals surface area contributed by atoms with E-state index in [0.717, 1.165) is 36.4 Å².